The first-order valence-corrected chi connectivity index (χ1v) is 7.28. The van der Waals surface area contributed by atoms with Crippen LogP contribution in [-0.2, 0) is 4.79 Å². The lowest BCUT2D eigenvalue weighted by atomic mass is 9.96. The van der Waals surface area contributed by atoms with Gasteiger partial charge in [-0.2, -0.15) is 0 Å². The van der Waals surface area contributed by atoms with E-state index in [4.69, 9.17) is 16.3 Å². The highest BCUT2D eigenvalue weighted by molar-refractivity contribution is 6.30. The lowest BCUT2D eigenvalue weighted by Gasteiger charge is -2.34. The van der Waals surface area contributed by atoms with Crippen molar-refractivity contribution in [2.24, 2.45) is 5.92 Å². The number of piperidine rings is 1. The predicted molar refractivity (Wildman–Crippen MR) is 77.9 cm³/mol. The van der Waals surface area contributed by atoms with E-state index < -0.39 is 6.10 Å². The van der Waals surface area contributed by atoms with Crippen LogP contribution in [0.3, 0.4) is 0 Å². The van der Waals surface area contributed by atoms with Crippen LogP contribution in [0.25, 0.3) is 0 Å². The van der Waals surface area contributed by atoms with Crippen molar-refractivity contribution >= 4 is 17.5 Å². The maximum atomic E-state index is 12.0. The molecule has 1 saturated heterocycles. The molecule has 0 radical (unpaired) electrons. The Morgan fingerprint density at radius 1 is 1.55 bits per heavy atom. The van der Waals surface area contributed by atoms with E-state index in [1.807, 2.05) is 19.1 Å². The minimum absolute atomic E-state index is 0.0259. The standard InChI is InChI=1S/C15H20ClNO3/c1-11-5-7-17(10-14(11)18)15(19)6-8-20-13-4-2-3-12(16)9-13/h2-4,9,11,14,18H,5-8,10H2,1H3. The number of hydrogen-bond acceptors (Lipinski definition) is 3. The lowest BCUT2D eigenvalue weighted by molar-refractivity contribution is -0.135. The molecule has 0 bridgehead atoms. The third-order valence-corrected chi connectivity index (χ3v) is 3.89. The Kier molecular flexibility index (Phi) is 5.26. The van der Waals surface area contributed by atoms with E-state index in [2.05, 4.69) is 0 Å². The summed E-state index contributed by atoms with van der Waals surface area (Å²) in [5.74, 6) is 0.956. The molecule has 2 atom stereocenters. The second-order valence-corrected chi connectivity index (χ2v) is 5.67. The Morgan fingerprint density at radius 2 is 2.35 bits per heavy atom. The maximum Gasteiger partial charge on any atom is 0.226 e. The van der Waals surface area contributed by atoms with Gasteiger partial charge < -0.3 is 14.7 Å². The van der Waals surface area contributed by atoms with Gasteiger partial charge in [-0.3, -0.25) is 4.79 Å². The number of β-amino-alcohol motifs (C(OH)–C–C–N with tert-alkyl or cyclic N) is 1. The number of hydrogen-bond donors (Lipinski definition) is 1. The molecule has 0 spiro atoms. The molecule has 110 valence electrons. The van der Waals surface area contributed by atoms with Crippen LogP contribution in [0, 0.1) is 5.92 Å². The van der Waals surface area contributed by atoms with Gasteiger partial charge in [0.2, 0.25) is 5.91 Å². The van der Waals surface area contributed by atoms with E-state index in [-0.39, 0.29) is 11.8 Å². The molecule has 1 aromatic carbocycles. The van der Waals surface area contributed by atoms with Crippen molar-refractivity contribution < 1.29 is 14.6 Å². The molecule has 4 nitrogen and oxygen atoms in total. The fourth-order valence-corrected chi connectivity index (χ4v) is 2.43. The van der Waals surface area contributed by atoms with Gasteiger partial charge in [-0.05, 0) is 30.5 Å². The molecule has 1 aliphatic rings. The summed E-state index contributed by atoms with van der Waals surface area (Å²) in [5.41, 5.74) is 0. The number of likely N-dealkylation sites (tertiary alicyclic amines) is 1. The van der Waals surface area contributed by atoms with Crippen molar-refractivity contribution in [2.45, 2.75) is 25.9 Å². The Balaban J connectivity index is 1.75. The van der Waals surface area contributed by atoms with Gasteiger partial charge in [-0.1, -0.05) is 24.6 Å². The first-order valence-electron chi connectivity index (χ1n) is 6.90. The summed E-state index contributed by atoms with van der Waals surface area (Å²) in [6.45, 7) is 3.47. The minimum atomic E-state index is -0.415. The van der Waals surface area contributed by atoms with Gasteiger partial charge in [-0.15, -0.1) is 0 Å². The van der Waals surface area contributed by atoms with Crippen LogP contribution < -0.4 is 4.74 Å². The van der Waals surface area contributed by atoms with Gasteiger partial charge in [-0.25, -0.2) is 0 Å². The summed E-state index contributed by atoms with van der Waals surface area (Å²) in [6.07, 6.45) is 0.747. The number of carbonyl (C=O) groups is 1. The normalized spacial score (nSPS) is 22.6. The predicted octanol–water partition coefficient (Wildman–Crippen LogP) is 2.34. The minimum Gasteiger partial charge on any atom is -0.493 e. The monoisotopic (exact) mass is 297 g/mol. The summed E-state index contributed by atoms with van der Waals surface area (Å²) in [7, 11) is 0. The highest BCUT2D eigenvalue weighted by Gasteiger charge is 2.26. The maximum absolute atomic E-state index is 12.0. The molecular weight excluding hydrogens is 278 g/mol. The van der Waals surface area contributed by atoms with Gasteiger partial charge >= 0.3 is 0 Å². The zero-order chi connectivity index (χ0) is 14.5. The smallest absolute Gasteiger partial charge is 0.226 e. The lowest BCUT2D eigenvalue weighted by Crippen LogP contribution is -2.46. The van der Waals surface area contributed by atoms with Crippen molar-refractivity contribution in [3.8, 4) is 5.75 Å². The molecule has 0 aromatic heterocycles. The summed E-state index contributed by atoms with van der Waals surface area (Å²) in [6, 6.07) is 7.11. The van der Waals surface area contributed by atoms with Crippen molar-refractivity contribution in [2.75, 3.05) is 19.7 Å². The number of aliphatic hydroxyl groups is 1. The third-order valence-electron chi connectivity index (χ3n) is 3.65. The molecule has 0 aliphatic carbocycles. The second kappa shape index (κ2) is 6.95. The van der Waals surface area contributed by atoms with Crippen LogP contribution >= 0.6 is 11.6 Å². The quantitative estimate of drug-likeness (QED) is 0.928. The van der Waals surface area contributed by atoms with E-state index in [9.17, 15) is 9.90 Å². The summed E-state index contributed by atoms with van der Waals surface area (Å²) in [5, 5.41) is 10.4. The topological polar surface area (TPSA) is 49.8 Å². The number of benzene rings is 1. The Hall–Kier alpha value is -1.26. The SMILES string of the molecule is CC1CCN(C(=O)CCOc2cccc(Cl)c2)CC1O. The molecule has 0 saturated carbocycles. The molecule has 1 aromatic rings. The number of amides is 1. The van der Waals surface area contributed by atoms with E-state index in [1.165, 1.54) is 0 Å². The van der Waals surface area contributed by atoms with Crippen LogP contribution in [0.1, 0.15) is 19.8 Å². The van der Waals surface area contributed by atoms with Crippen molar-refractivity contribution in [3.05, 3.63) is 29.3 Å². The molecule has 20 heavy (non-hydrogen) atoms. The third kappa shape index (κ3) is 4.12. The molecule has 1 aliphatic heterocycles. The van der Waals surface area contributed by atoms with E-state index >= 15 is 0 Å². The van der Waals surface area contributed by atoms with Gasteiger partial charge in [0.15, 0.2) is 0 Å². The van der Waals surface area contributed by atoms with Crippen LogP contribution in [0.5, 0.6) is 5.75 Å². The van der Waals surface area contributed by atoms with E-state index in [1.54, 1.807) is 17.0 Å². The summed E-state index contributed by atoms with van der Waals surface area (Å²) < 4.78 is 5.50. The average Bonchev–Trinajstić information content (AvgIpc) is 2.42. The second-order valence-electron chi connectivity index (χ2n) is 5.23. The summed E-state index contributed by atoms with van der Waals surface area (Å²) in [4.78, 5) is 13.7. The highest BCUT2D eigenvalue weighted by Crippen LogP contribution is 2.19. The highest BCUT2D eigenvalue weighted by atomic mass is 35.5. The first kappa shape index (κ1) is 15.1. The number of aliphatic hydroxyl groups excluding tert-OH is 1. The molecule has 1 heterocycles. The molecular formula is C15H20ClNO3. The van der Waals surface area contributed by atoms with E-state index in [0.29, 0.717) is 36.9 Å². The molecule has 1 fully saturated rings. The number of halogens is 1. The molecule has 2 rings (SSSR count). The van der Waals surface area contributed by atoms with Crippen LogP contribution in [0.15, 0.2) is 24.3 Å². The Morgan fingerprint density at radius 3 is 3.05 bits per heavy atom. The Labute approximate surface area is 124 Å². The number of ether oxygens (including phenoxy) is 1. The van der Waals surface area contributed by atoms with Crippen LogP contribution in [0.2, 0.25) is 5.02 Å². The molecule has 1 N–H and O–H groups in total. The fraction of sp³-hybridized carbons (Fsp3) is 0.533. The van der Waals surface area contributed by atoms with Crippen LogP contribution in [0.4, 0.5) is 0 Å². The average molecular weight is 298 g/mol. The molecule has 2 unspecified atom stereocenters. The van der Waals surface area contributed by atoms with Crippen molar-refractivity contribution in [3.63, 3.8) is 0 Å². The number of carbonyl (C=O) groups excluding carboxylic acids is 1. The van der Waals surface area contributed by atoms with E-state index in [0.717, 1.165) is 6.42 Å². The Bertz CT molecular complexity index is 466. The fourth-order valence-electron chi connectivity index (χ4n) is 2.25. The molecule has 5 heteroatoms. The molecule has 1 amide bonds. The summed E-state index contributed by atoms with van der Waals surface area (Å²) >= 11 is 5.85. The zero-order valence-electron chi connectivity index (χ0n) is 11.6. The van der Waals surface area contributed by atoms with Crippen molar-refractivity contribution in [1.82, 2.24) is 4.90 Å². The van der Waals surface area contributed by atoms with Gasteiger partial charge in [0.05, 0.1) is 19.1 Å². The van der Waals surface area contributed by atoms with Gasteiger partial charge in [0.25, 0.3) is 0 Å². The first-order chi connectivity index (χ1) is 9.56. The largest absolute Gasteiger partial charge is 0.493 e. The van der Waals surface area contributed by atoms with Crippen LogP contribution in [-0.4, -0.2) is 41.7 Å². The number of rotatable bonds is 4. The zero-order valence-corrected chi connectivity index (χ0v) is 12.3. The number of nitrogens with zero attached hydrogens (tertiary/aromatic N) is 1. The van der Waals surface area contributed by atoms with Gasteiger partial charge in [0, 0.05) is 18.1 Å². The van der Waals surface area contributed by atoms with Gasteiger partial charge in [0.1, 0.15) is 5.75 Å². The van der Waals surface area contributed by atoms with Crippen molar-refractivity contribution in [1.29, 1.82) is 0 Å².